The summed E-state index contributed by atoms with van der Waals surface area (Å²) in [6.07, 6.45) is 0. The van der Waals surface area contributed by atoms with Gasteiger partial charge in [0.1, 0.15) is 0 Å². The van der Waals surface area contributed by atoms with Crippen molar-refractivity contribution >= 4 is 60.1 Å². The van der Waals surface area contributed by atoms with Gasteiger partial charge in [-0.15, -0.1) is 0 Å². The molecule has 0 fully saturated rings. The van der Waals surface area contributed by atoms with Gasteiger partial charge >= 0.3 is 12.0 Å². The second kappa shape index (κ2) is 9.49. The Labute approximate surface area is 199 Å². The number of rotatable bonds is 6. The first-order chi connectivity index (χ1) is 16.2. The van der Waals surface area contributed by atoms with E-state index in [1.54, 1.807) is 48.5 Å². The Morgan fingerprint density at radius 2 is 1.65 bits per heavy atom. The number of nitrogens with zero attached hydrogens (tertiary/aromatic N) is 1. The highest BCUT2D eigenvalue weighted by molar-refractivity contribution is 7.93. The summed E-state index contributed by atoms with van der Waals surface area (Å²) in [7, 11) is -2.49. The zero-order valence-electron chi connectivity index (χ0n) is 18.2. The Morgan fingerprint density at radius 3 is 2.35 bits per heavy atom. The van der Waals surface area contributed by atoms with Gasteiger partial charge in [0, 0.05) is 11.4 Å². The van der Waals surface area contributed by atoms with Crippen LogP contribution in [0.2, 0.25) is 0 Å². The van der Waals surface area contributed by atoms with E-state index < -0.39 is 22.0 Å². The summed E-state index contributed by atoms with van der Waals surface area (Å²) < 4.78 is 33.2. The number of urea groups is 1. The van der Waals surface area contributed by atoms with Gasteiger partial charge in [-0.2, -0.15) is 0 Å². The standard InChI is InChI=1S/C23H20N4O5S2/c1-14-6-9-18(10-7-14)34(30,31)27-23-26-19-13-17(8-11-20(19)33-23)25-22(29)24-16-5-3-4-15(12-16)21(28)32-2/h3-13H,1-2H3,(H,26,27)(H2,24,25,29). The number of fused-ring (bicyclic) bond motifs is 1. The number of carbonyl (C=O) groups is 2. The van der Waals surface area contributed by atoms with Crippen LogP contribution in [0, 0.1) is 6.92 Å². The van der Waals surface area contributed by atoms with Crippen molar-refractivity contribution in [3.63, 3.8) is 0 Å². The van der Waals surface area contributed by atoms with Crippen LogP contribution in [0.4, 0.5) is 21.3 Å². The molecule has 11 heteroatoms. The summed E-state index contributed by atoms with van der Waals surface area (Å²) in [6, 6.07) is 17.4. The van der Waals surface area contributed by atoms with Crippen molar-refractivity contribution in [3.05, 3.63) is 77.9 Å². The number of amides is 2. The lowest BCUT2D eigenvalue weighted by Crippen LogP contribution is -2.19. The van der Waals surface area contributed by atoms with Crippen LogP contribution in [0.3, 0.4) is 0 Å². The molecule has 0 radical (unpaired) electrons. The quantitative estimate of drug-likeness (QED) is 0.328. The molecule has 4 rings (SSSR count). The lowest BCUT2D eigenvalue weighted by atomic mass is 10.2. The third-order valence-corrected chi connectivity index (χ3v) is 7.18. The lowest BCUT2D eigenvalue weighted by molar-refractivity contribution is 0.0600. The van der Waals surface area contributed by atoms with Crippen LogP contribution in [0.1, 0.15) is 15.9 Å². The number of methoxy groups -OCH3 is 1. The smallest absolute Gasteiger partial charge is 0.337 e. The molecular formula is C23H20N4O5S2. The van der Waals surface area contributed by atoms with E-state index in [-0.39, 0.29) is 10.0 Å². The highest BCUT2D eigenvalue weighted by Crippen LogP contribution is 2.29. The topological polar surface area (TPSA) is 126 Å². The second-order valence-corrected chi connectivity index (χ2v) is 9.98. The molecule has 0 aliphatic rings. The number of carbonyl (C=O) groups excluding carboxylic acids is 2. The van der Waals surface area contributed by atoms with Gasteiger partial charge in [-0.25, -0.2) is 23.0 Å². The first kappa shape index (κ1) is 23.2. The molecule has 0 bridgehead atoms. The summed E-state index contributed by atoms with van der Waals surface area (Å²) >= 11 is 1.19. The monoisotopic (exact) mass is 496 g/mol. The van der Waals surface area contributed by atoms with Crippen molar-refractivity contribution < 1.29 is 22.7 Å². The predicted molar refractivity (Wildman–Crippen MR) is 132 cm³/mol. The average molecular weight is 497 g/mol. The van der Waals surface area contributed by atoms with E-state index >= 15 is 0 Å². The molecule has 2 amide bonds. The zero-order chi connectivity index (χ0) is 24.3. The van der Waals surface area contributed by atoms with Crippen LogP contribution in [-0.4, -0.2) is 32.5 Å². The van der Waals surface area contributed by atoms with Crippen molar-refractivity contribution in [1.82, 2.24) is 4.98 Å². The van der Waals surface area contributed by atoms with Crippen LogP contribution >= 0.6 is 11.3 Å². The maximum Gasteiger partial charge on any atom is 0.337 e. The second-order valence-electron chi connectivity index (χ2n) is 7.27. The Balaban J connectivity index is 1.46. The summed E-state index contributed by atoms with van der Waals surface area (Å²) in [5.74, 6) is -0.508. The molecule has 174 valence electrons. The van der Waals surface area contributed by atoms with Gasteiger partial charge in [0.2, 0.25) is 0 Å². The molecule has 0 aliphatic heterocycles. The van der Waals surface area contributed by atoms with Gasteiger partial charge in [-0.3, -0.25) is 4.72 Å². The van der Waals surface area contributed by atoms with Gasteiger partial charge in [0.05, 0.1) is 27.8 Å². The maximum atomic E-state index is 12.6. The van der Waals surface area contributed by atoms with Crippen LogP contribution in [0.5, 0.6) is 0 Å². The van der Waals surface area contributed by atoms with Crippen molar-refractivity contribution in [1.29, 1.82) is 0 Å². The highest BCUT2D eigenvalue weighted by atomic mass is 32.2. The Bertz CT molecular complexity index is 1480. The van der Waals surface area contributed by atoms with Gasteiger partial charge < -0.3 is 15.4 Å². The van der Waals surface area contributed by atoms with Crippen LogP contribution in [0.25, 0.3) is 10.2 Å². The van der Waals surface area contributed by atoms with Crippen LogP contribution in [0.15, 0.2) is 71.6 Å². The van der Waals surface area contributed by atoms with E-state index in [2.05, 4.69) is 25.1 Å². The molecule has 0 saturated heterocycles. The van der Waals surface area contributed by atoms with Crippen molar-refractivity contribution in [3.8, 4) is 0 Å². The third kappa shape index (κ3) is 5.33. The van der Waals surface area contributed by atoms with Crippen molar-refractivity contribution in [2.45, 2.75) is 11.8 Å². The minimum absolute atomic E-state index is 0.146. The number of thiazole rings is 1. The predicted octanol–water partition coefficient (Wildman–Crippen LogP) is 4.84. The molecule has 3 N–H and O–H groups in total. The van der Waals surface area contributed by atoms with Gasteiger partial charge in [-0.1, -0.05) is 35.1 Å². The van der Waals surface area contributed by atoms with E-state index in [1.165, 1.54) is 36.6 Å². The molecule has 0 spiro atoms. The summed E-state index contributed by atoms with van der Waals surface area (Å²) in [5.41, 5.74) is 2.68. The Kier molecular flexibility index (Phi) is 6.48. The molecular weight excluding hydrogens is 476 g/mol. The van der Waals surface area contributed by atoms with E-state index in [1.807, 2.05) is 6.92 Å². The number of nitrogens with one attached hydrogen (secondary N) is 3. The summed E-state index contributed by atoms with van der Waals surface area (Å²) in [4.78, 5) is 28.5. The van der Waals surface area contributed by atoms with Crippen molar-refractivity contribution in [2.75, 3.05) is 22.5 Å². The molecule has 0 atom stereocenters. The van der Waals surface area contributed by atoms with E-state index in [0.717, 1.165) is 10.3 Å². The fourth-order valence-corrected chi connectivity index (χ4v) is 5.16. The molecule has 9 nitrogen and oxygen atoms in total. The molecule has 0 aliphatic carbocycles. The summed E-state index contributed by atoms with van der Waals surface area (Å²) in [6.45, 7) is 1.88. The molecule has 0 unspecified atom stereocenters. The largest absolute Gasteiger partial charge is 0.465 e. The first-order valence-electron chi connectivity index (χ1n) is 10.00. The number of aromatic nitrogens is 1. The van der Waals surface area contributed by atoms with Gasteiger partial charge in [-0.05, 0) is 55.5 Å². The van der Waals surface area contributed by atoms with Gasteiger partial charge in [0.25, 0.3) is 10.0 Å². The van der Waals surface area contributed by atoms with Crippen LogP contribution < -0.4 is 15.4 Å². The molecule has 1 heterocycles. The normalized spacial score (nSPS) is 11.1. The van der Waals surface area contributed by atoms with Crippen LogP contribution in [-0.2, 0) is 14.8 Å². The number of benzene rings is 3. The number of hydrogen-bond acceptors (Lipinski definition) is 7. The first-order valence-corrected chi connectivity index (χ1v) is 12.3. The number of anilines is 3. The SMILES string of the molecule is COC(=O)c1cccc(NC(=O)Nc2ccc3sc(NS(=O)(=O)c4ccc(C)cc4)nc3c2)c1. The van der Waals surface area contributed by atoms with Gasteiger partial charge in [0.15, 0.2) is 5.13 Å². The minimum Gasteiger partial charge on any atom is -0.465 e. The molecule has 1 aromatic heterocycles. The molecule has 3 aromatic carbocycles. The number of sulfonamides is 1. The van der Waals surface area contributed by atoms with E-state index in [0.29, 0.717) is 22.5 Å². The average Bonchev–Trinajstić information content (AvgIpc) is 3.19. The fraction of sp³-hybridized carbons (Fsp3) is 0.0870. The van der Waals surface area contributed by atoms with E-state index in [4.69, 9.17) is 0 Å². The van der Waals surface area contributed by atoms with E-state index in [9.17, 15) is 18.0 Å². The number of esters is 1. The zero-order valence-corrected chi connectivity index (χ0v) is 19.8. The fourth-order valence-electron chi connectivity index (χ4n) is 3.08. The maximum absolute atomic E-state index is 12.6. The number of hydrogen-bond donors (Lipinski definition) is 3. The highest BCUT2D eigenvalue weighted by Gasteiger charge is 2.17. The molecule has 34 heavy (non-hydrogen) atoms. The van der Waals surface area contributed by atoms with Crippen molar-refractivity contribution in [2.24, 2.45) is 0 Å². The molecule has 0 saturated carbocycles. The Morgan fingerprint density at radius 1 is 0.941 bits per heavy atom. The lowest BCUT2D eigenvalue weighted by Gasteiger charge is -2.08. The minimum atomic E-state index is -3.77. The molecule has 4 aromatic rings. The summed E-state index contributed by atoms with van der Waals surface area (Å²) in [5, 5.41) is 5.56. The third-order valence-electron chi connectivity index (χ3n) is 4.74. The number of aryl methyl sites for hydroxylation is 1. The Hall–Kier alpha value is -3.96. The number of ether oxygens (including phenoxy) is 1.